The van der Waals surface area contributed by atoms with Crippen molar-refractivity contribution >= 4 is 16.2 Å². The fourth-order valence-electron chi connectivity index (χ4n) is 3.27. The highest BCUT2D eigenvalue weighted by atomic mass is 32.2. The van der Waals surface area contributed by atoms with Gasteiger partial charge in [0.05, 0.1) is 23.6 Å². The molecule has 2 N–H and O–H groups in total. The Morgan fingerprint density at radius 3 is 2.48 bits per heavy atom. The number of carbonyl (C=O) groups is 1. The van der Waals surface area contributed by atoms with Gasteiger partial charge in [0.1, 0.15) is 0 Å². The van der Waals surface area contributed by atoms with Gasteiger partial charge in [0.2, 0.25) is 0 Å². The van der Waals surface area contributed by atoms with Crippen molar-refractivity contribution < 1.29 is 27.6 Å². The summed E-state index contributed by atoms with van der Waals surface area (Å²) in [6, 6.07) is 13.0. The summed E-state index contributed by atoms with van der Waals surface area (Å²) in [7, 11) is -4.05. The third-order valence-corrected chi connectivity index (χ3v) is 6.18. The van der Waals surface area contributed by atoms with Crippen LogP contribution < -0.4 is 0 Å². The van der Waals surface area contributed by atoms with E-state index < -0.39 is 35.0 Å². The molecule has 2 aromatic rings. The highest BCUT2D eigenvalue weighted by Gasteiger charge is 2.35. The lowest BCUT2D eigenvalue weighted by Gasteiger charge is -2.37. The summed E-state index contributed by atoms with van der Waals surface area (Å²) in [4.78, 5) is 12.8. The third-order valence-electron chi connectivity index (χ3n) is 4.74. The molecule has 144 valence electrons. The lowest BCUT2D eigenvalue weighted by Crippen LogP contribution is -2.51. The topological polar surface area (TPSA) is 104 Å². The molecule has 0 saturated carbocycles. The van der Waals surface area contributed by atoms with Gasteiger partial charge in [-0.25, -0.2) is 4.79 Å². The average Bonchev–Trinajstić information content (AvgIpc) is 2.65. The van der Waals surface area contributed by atoms with E-state index in [2.05, 4.69) is 0 Å². The van der Waals surface area contributed by atoms with E-state index in [9.17, 15) is 23.4 Å². The summed E-state index contributed by atoms with van der Waals surface area (Å²) in [5.74, 6) is 0. The van der Waals surface area contributed by atoms with Crippen LogP contribution in [0.15, 0.2) is 53.4 Å². The van der Waals surface area contributed by atoms with Crippen LogP contribution in [0, 0.1) is 6.92 Å². The SMILES string of the molecule is Cc1ccccc1S(=O)(=O)OCC(O)[C@@H]1Cc2ccccc2CN1C(=O)O. The minimum atomic E-state index is -4.05. The molecule has 1 aliphatic rings. The largest absolute Gasteiger partial charge is 0.465 e. The number of aliphatic hydroxyl groups excluding tert-OH is 1. The molecule has 8 heteroatoms. The number of hydrogen-bond donors (Lipinski definition) is 2. The second kappa shape index (κ2) is 7.67. The molecule has 27 heavy (non-hydrogen) atoms. The third kappa shape index (κ3) is 4.13. The first-order valence-electron chi connectivity index (χ1n) is 8.49. The standard InChI is InChI=1S/C19H21NO6S/c1-13-6-2-5-9-18(13)27(24,25)26-12-17(21)16-10-14-7-3-4-8-15(14)11-20(16)19(22)23/h2-9,16-17,21H,10-12H2,1H3,(H,22,23)/t16-,17?/m0/s1. The Morgan fingerprint density at radius 2 is 1.81 bits per heavy atom. The van der Waals surface area contributed by atoms with Crippen molar-refractivity contribution in [3.63, 3.8) is 0 Å². The molecule has 0 saturated heterocycles. The highest BCUT2D eigenvalue weighted by molar-refractivity contribution is 7.86. The summed E-state index contributed by atoms with van der Waals surface area (Å²) in [6.45, 7) is 1.27. The van der Waals surface area contributed by atoms with E-state index in [1.54, 1.807) is 25.1 Å². The van der Waals surface area contributed by atoms with E-state index >= 15 is 0 Å². The lowest BCUT2D eigenvalue weighted by molar-refractivity contribution is 0.0149. The van der Waals surface area contributed by atoms with Crippen molar-refractivity contribution in [1.82, 2.24) is 4.90 Å². The number of carboxylic acid groups (broad SMARTS) is 1. The molecule has 7 nitrogen and oxygen atoms in total. The lowest BCUT2D eigenvalue weighted by atomic mass is 9.91. The zero-order valence-electron chi connectivity index (χ0n) is 14.8. The van der Waals surface area contributed by atoms with Crippen molar-refractivity contribution in [2.45, 2.75) is 36.9 Å². The number of aliphatic hydroxyl groups is 1. The van der Waals surface area contributed by atoms with Gasteiger partial charge in [-0.3, -0.25) is 9.08 Å². The molecule has 0 aromatic heterocycles. The van der Waals surface area contributed by atoms with E-state index in [1.807, 2.05) is 24.3 Å². The Labute approximate surface area is 157 Å². The fourth-order valence-corrected chi connectivity index (χ4v) is 4.42. The summed E-state index contributed by atoms with van der Waals surface area (Å²) < 4.78 is 29.8. The number of hydrogen-bond acceptors (Lipinski definition) is 5. The normalized spacial score (nSPS) is 18.0. The van der Waals surface area contributed by atoms with Gasteiger partial charge >= 0.3 is 6.09 Å². The van der Waals surface area contributed by atoms with Gasteiger partial charge in [0.25, 0.3) is 10.1 Å². The van der Waals surface area contributed by atoms with Crippen LogP contribution in [0.4, 0.5) is 4.79 Å². The average molecular weight is 391 g/mol. The highest BCUT2D eigenvalue weighted by Crippen LogP contribution is 2.26. The quantitative estimate of drug-likeness (QED) is 0.757. The van der Waals surface area contributed by atoms with Gasteiger partial charge in [0, 0.05) is 6.54 Å². The first-order valence-corrected chi connectivity index (χ1v) is 9.90. The Balaban J connectivity index is 1.76. The Bertz CT molecular complexity index is 943. The molecule has 0 bridgehead atoms. The maximum absolute atomic E-state index is 12.4. The van der Waals surface area contributed by atoms with E-state index in [0.29, 0.717) is 5.56 Å². The van der Waals surface area contributed by atoms with Gasteiger partial charge < -0.3 is 10.2 Å². The molecule has 0 fully saturated rings. The Morgan fingerprint density at radius 1 is 1.19 bits per heavy atom. The minimum Gasteiger partial charge on any atom is -0.465 e. The van der Waals surface area contributed by atoms with Crippen LogP contribution in [-0.2, 0) is 27.3 Å². The summed E-state index contributed by atoms with van der Waals surface area (Å²) in [5, 5.41) is 20.0. The second-order valence-corrected chi connectivity index (χ2v) is 8.11. The van der Waals surface area contributed by atoms with Crippen molar-refractivity contribution in [2.24, 2.45) is 0 Å². The van der Waals surface area contributed by atoms with Crippen LogP contribution in [0.1, 0.15) is 16.7 Å². The van der Waals surface area contributed by atoms with Crippen molar-refractivity contribution in [2.75, 3.05) is 6.61 Å². The second-order valence-electron chi connectivity index (χ2n) is 6.52. The number of nitrogens with zero attached hydrogens (tertiary/aromatic N) is 1. The molecule has 1 amide bonds. The summed E-state index contributed by atoms with van der Waals surface area (Å²) >= 11 is 0. The molecular formula is C19H21NO6S. The van der Waals surface area contributed by atoms with Crippen molar-refractivity contribution in [3.8, 4) is 0 Å². The smallest absolute Gasteiger partial charge is 0.407 e. The van der Waals surface area contributed by atoms with Crippen LogP contribution in [0.25, 0.3) is 0 Å². The predicted molar refractivity (Wildman–Crippen MR) is 97.8 cm³/mol. The maximum Gasteiger partial charge on any atom is 0.407 e. The number of fused-ring (bicyclic) bond motifs is 1. The molecule has 0 spiro atoms. The molecule has 1 aliphatic heterocycles. The Kier molecular flexibility index (Phi) is 5.50. The zero-order valence-corrected chi connectivity index (χ0v) is 15.6. The van der Waals surface area contributed by atoms with Crippen LogP contribution in [0.3, 0.4) is 0 Å². The number of aryl methyl sites for hydroxylation is 1. The number of benzene rings is 2. The predicted octanol–water partition coefficient (Wildman–Crippen LogP) is 2.17. The van der Waals surface area contributed by atoms with Crippen LogP contribution in [0.5, 0.6) is 0 Å². The molecule has 3 rings (SSSR count). The zero-order chi connectivity index (χ0) is 19.6. The van der Waals surface area contributed by atoms with Gasteiger partial charge in [-0.15, -0.1) is 0 Å². The van der Waals surface area contributed by atoms with Crippen molar-refractivity contribution in [3.05, 3.63) is 65.2 Å². The summed E-state index contributed by atoms with van der Waals surface area (Å²) in [5.41, 5.74) is 2.34. The van der Waals surface area contributed by atoms with Gasteiger partial charge in [-0.05, 0) is 36.1 Å². The summed E-state index contributed by atoms with van der Waals surface area (Å²) in [6.07, 6.45) is -2.17. The Hall–Kier alpha value is -2.42. The molecule has 1 unspecified atom stereocenters. The maximum atomic E-state index is 12.4. The molecule has 2 atom stereocenters. The van der Waals surface area contributed by atoms with Crippen LogP contribution >= 0.6 is 0 Å². The van der Waals surface area contributed by atoms with Gasteiger partial charge in [0.15, 0.2) is 0 Å². The first kappa shape index (κ1) is 19.3. The first-order chi connectivity index (χ1) is 12.8. The molecule has 1 heterocycles. The minimum absolute atomic E-state index is 0.0290. The molecule has 2 aromatic carbocycles. The number of amides is 1. The number of rotatable bonds is 5. The van der Waals surface area contributed by atoms with Gasteiger partial charge in [-0.2, -0.15) is 8.42 Å². The molecule has 0 radical (unpaired) electrons. The fraction of sp³-hybridized carbons (Fsp3) is 0.316. The van der Waals surface area contributed by atoms with Crippen molar-refractivity contribution in [1.29, 1.82) is 0 Å². The van der Waals surface area contributed by atoms with Crippen LogP contribution in [0.2, 0.25) is 0 Å². The molecule has 0 aliphatic carbocycles. The van der Waals surface area contributed by atoms with E-state index in [0.717, 1.165) is 16.0 Å². The van der Waals surface area contributed by atoms with Gasteiger partial charge in [-0.1, -0.05) is 42.5 Å². The molecular weight excluding hydrogens is 370 g/mol. The van der Waals surface area contributed by atoms with E-state index in [4.69, 9.17) is 4.18 Å². The monoisotopic (exact) mass is 391 g/mol. The van der Waals surface area contributed by atoms with E-state index in [1.165, 1.54) is 6.07 Å². The van der Waals surface area contributed by atoms with Crippen LogP contribution in [-0.4, -0.2) is 48.4 Å². The van der Waals surface area contributed by atoms with E-state index in [-0.39, 0.29) is 17.9 Å².